The molecule has 6 aromatic heterocycles. The summed E-state index contributed by atoms with van der Waals surface area (Å²) < 4.78 is 29.2. The molecular weight excluding hydrogens is 1410 g/mol. The molecule has 0 radical (unpaired) electrons. The van der Waals surface area contributed by atoms with Gasteiger partial charge in [-0.1, -0.05) is 151 Å². The molecule has 3 aliphatic rings. The van der Waals surface area contributed by atoms with Gasteiger partial charge in [0.05, 0.1) is 16.6 Å². The molecule has 3 fully saturated rings. The van der Waals surface area contributed by atoms with Crippen molar-refractivity contribution in [1.29, 1.82) is 0 Å². The lowest BCUT2D eigenvalue weighted by molar-refractivity contribution is 0.0194. The van der Waals surface area contributed by atoms with Crippen LogP contribution in [0.5, 0.6) is 17.2 Å². The van der Waals surface area contributed by atoms with E-state index in [-0.39, 0.29) is 46.9 Å². The average molecular weight is 1520 g/mol. The van der Waals surface area contributed by atoms with Crippen LogP contribution in [0.1, 0.15) is 170 Å². The van der Waals surface area contributed by atoms with Gasteiger partial charge >= 0.3 is 12.2 Å². The molecule has 0 spiro atoms. The van der Waals surface area contributed by atoms with Crippen molar-refractivity contribution < 1.29 is 33.3 Å². The fourth-order valence-electron chi connectivity index (χ4n) is 13.6. The van der Waals surface area contributed by atoms with E-state index in [1.807, 2.05) is 194 Å². The number of likely N-dealkylation sites (tertiary alicyclic amines) is 2. The van der Waals surface area contributed by atoms with Gasteiger partial charge < -0.3 is 53.8 Å². The van der Waals surface area contributed by atoms with Crippen LogP contribution in [0.3, 0.4) is 0 Å². The third-order valence-corrected chi connectivity index (χ3v) is 19.3. The van der Waals surface area contributed by atoms with Crippen LogP contribution in [0, 0.1) is 0 Å². The van der Waals surface area contributed by atoms with Gasteiger partial charge in [0.25, 0.3) is 0 Å². The fraction of sp³-hybridized carbons (Fsp3) is 0.319. The highest BCUT2D eigenvalue weighted by Crippen LogP contribution is 2.36. The van der Waals surface area contributed by atoms with Gasteiger partial charge in [-0.25, -0.2) is 39.5 Å². The molecule has 111 heavy (non-hydrogen) atoms. The van der Waals surface area contributed by atoms with Crippen molar-refractivity contribution in [3.63, 3.8) is 0 Å². The molecule has 4 N–H and O–H groups in total. The standard InChI is InChI=1S/2C31H34N4O3.C26H26N4O.3CH4.ClH/c2*1-5-22-17-24(11-12-27(22)37-20-21-9-7-6-8-10-21)28-33-26-18-25(19-32-29(26)34-28)23-13-15-35(16-14-23)30(36)38-31(2,3)4;1-2-19-14-21(8-9-24(19)31-17-18-6-4-3-5-7-18)25-29-23-15-22(16-28-26(23)30-25)20-10-12-27-13-11-20;;;;/h2*5-12,17-19,23H,1,13-16,20H2,2-4H3,(H,32,33,34);2-9,14-16,20,27H,1,10-13,17H2,(H,28,29,30);3*1H4;1H. The Bertz CT molecular complexity index is 4840. The quantitative estimate of drug-likeness (QED) is 0.0627. The summed E-state index contributed by atoms with van der Waals surface area (Å²) in [7, 11) is 0. The third kappa shape index (κ3) is 21.8. The van der Waals surface area contributed by atoms with Gasteiger partial charge in [0.2, 0.25) is 0 Å². The molecule has 3 aliphatic heterocycles. The minimum atomic E-state index is -0.483. The van der Waals surface area contributed by atoms with Crippen LogP contribution >= 0.6 is 12.4 Å². The van der Waals surface area contributed by atoms with Crippen molar-refractivity contribution in [3.05, 3.63) is 252 Å². The van der Waals surface area contributed by atoms with Crippen molar-refractivity contribution in [2.75, 3.05) is 39.3 Å². The topological polar surface area (TPSA) is 224 Å². The Kier molecular flexibility index (Phi) is 28.8. The normalized spacial score (nSPS) is 14.0. The van der Waals surface area contributed by atoms with Crippen LogP contribution in [-0.4, -0.2) is 117 Å². The van der Waals surface area contributed by atoms with Crippen LogP contribution in [0.25, 0.3) is 85.9 Å². The molecule has 15 rings (SSSR count). The van der Waals surface area contributed by atoms with Gasteiger partial charge in [-0.15, -0.1) is 12.4 Å². The Morgan fingerprint density at radius 3 is 0.991 bits per heavy atom. The number of hydrogen-bond donors (Lipinski definition) is 4. The maximum absolute atomic E-state index is 12.4. The molecule has 0 saturated carbocycles. The molecule has 20 heteroatoms. The van der Waals surface area contributed by atoms with E-state index in [0.717, 1.165) is 170 Å². The van der Waals surface area contributed by atoms with Crippen molar-refractivity contribution in [3.8, 4) is 51.4 Å². The Morgan fingerprint density at radius 2 is 0.712 bits per heavy atom. The largest absolute Gasteiger partial charge is 0.488 e. The van der Waals surface area contributed by atoms with E-state index in [9.17, 15) is 9.59 Å². The van der Waals surface area contributed by atoms with Crippen LogP contribution in [0.15, 0.2) is 202 Å². The lowest BCUT2D eigenvalue weighted by atomic mass is 9.90. The summed E-state index contributed by atoms with van der Waals surface area (Å²) in [6.07, 6.45) is 16.6. The number of nitrogens with one attached hydrogen (secondary N) is 4. The number of piperidine rings is 3. The fourth-order valence-corrected chi connectivity index (χ4v) is 13.6. The number of amides is 2. The minimum Gasteiger partial charge on any atom is -0.488 e. The van der Waals surface area contributed by atoms with E-state index in [1.165, 1.54) is 5.56 Å². The first kappa shape index (κ1) is 83.6. The number of H-pyrrole nitrogens is 3. The highest BCUT2D eigenvalue weighted by Gasteiger charge is 2.30. The zero-order chi connectivity index (χ0) is 74.4. The summed E-state index contributed by atoms with van der Waals surface area (Å²) in [5.41, 5.74) is 16.5. The summed E-state index contributed by atoms with van der Waals surface area (Å²) in [5, 5.41) is 3.42. The number of nitrogens with zero attached hydrogens (tertiary/aromatic N) is 8. The highest BCUT2D eigenvalue weighted by atomic mass is 35.5. The molecule has 3 saturated heterocycles. The van der Waals surface area contributed by atoms with Crippen LogP contribution in [0.2, 0.25) is 0 Å². The molecule has 12 aromatic rings. The van der Waals surface area contributed by atoms with Crippen molar-refractivity contribution in [2.45, 2.75) is 151 Å². The Morgan fingerprint density at radius 1 is 0.423 bits per heavy atom. The lowest BCUT2D eigenvalue weighted by Gasteiger charge is -2.33. The van der Waals surface area contributed by atoms with E-state index >= 15 is 0 Å². The SMILES string of the molecule is C.C.C.C=Cc1cc(-c2nc3ncc(C4CCN(C(=O)OC(C)(C)C)CC4)cc3[nH]2)ccc1OCc1ccccc1.C=Cc1cc(-c2nc3ncc(C4CCN(C(=O)OC(C)(C)C)CC4)cc3[nH]2)ccc1OCc1ccccc1.C=Cc1cc(-c2nc3ncc(C4CCNCC4)cc3[nH]2)ccc1OCc1ccccc1.Cl. The number of rotatable bonds is 18. The van der Waals surface area contributed by atoms with Crippen LogP contribution in [0.4, 0.5) is 9.59 Å². The summed E-state index contributed by atoms with van der Waals surface area (Å²) in [6, 6.07) is 54.8. The Balaban J connectivity index is 0.000000189. The number of ether oxygens (including phenoxy) is 5. The van der Waals surface area contributed by atoms with Gasteiger partial charge in [-0.2, -0.15) is 0 Å². The first-order chi connectivity index (χ1) is 51.9. The number of aromatic nitrogens is 9. The second kappa shape index (κ2) is 38.3. The van der Waals surface area contributed by atoms with Crippen molar-refractivity contribution in [2.24, 2.45) is 0 Å². The molecular formula is C91H107ClN12O7. The highest BCUT2D eigenvalue weighted by molar-refractivity contribution is 5.85. The van der Waals surface area contributed by atoms with Crippen molar-refractivity contribution >= 4 is 76.3 Å². The molecule has 0 atom stereocenters. The smallest absolute Gasteiger partial charge is 0.410 e. The summed E-state index contributed by atoms with van der Waals surface area (Å²) >= 11 is 0. The summed E-state index contributed by atoms with van der Waals surface area (Å²) in [6.45, 7) is 29.6. The molecule has 2 amide bonds. The number of carbonyl (C=O) groups is 2. The van der Waals surface area contributed by atoms with E-state index in [0.29, 0.717) is 75.0 Å². The van der Waals surface area contributed by atoms with Crippen LogP contribution < -0.4 is 19.5 Å². The number of hydrogen-bond acceptors (Lipinski definition) is 14. The molecule has 6 aromatic carbocycles. The monoisotopic (exact) mass is 1510 g/mol. The zero-order valence-corrected chi connectivity index (χ0v) is 63.2. The molecule has 580 valence electrons. The number of benzene rings is 6. The Hall–Kier alpha value is -11.4. The van der Waals surface area contributed by atoms with Gasteiger partial charge in [0.15, 0.2) is 16.9 Å². The first-order valence-electron chi connectivity index (χ1n) is 36.9. The average Bonchev–Trinajstić information content (AvgIpc) is 1.66. The maximum Gasteiger partial charge on any atom is 0.410 e. The van der Waals surface area contributed by atoms with Gasteiger partial charge in [0, 0.05) is 78.2 Å². The molecule has 0 aliphatic carbocycles. The van der Waals surface area contributed by atoms with Crippen molar-refractivity contribution in [1.82, 2.24) is 60.0 Å². The Labute approximate surface area is 659 Å². The molecule has 9 heterocycles. The third-order valence-electron chi connectivity index (χ3n) is 19.3. The van der Waals surface area contributed by atoms with E-state index in [4.69, 9.17) is 38.6 Å². The van der Waals surface area contributed by atoms with E-state index in [2.05, 4.69) is 91.4 Å². The molecule has 0 unspecified atom stereocenters. The van der Waals surface area contributed by atoms with Crippen LogP contribution in [-0.2, 0) is 29.3 Å². The molecule has 19 nitrogen and oxygen atoms in total. The van der Waals surface area contributed by atoms with E-state index < -0.39 is 11.2 Å². The van der Waals surface area contributed by atoms with Gasteiger partial charge in [-0.05, 0) is 217 Å². The second-order valence-corrected chi connectivity index (χ2v) is 29.4. The summed E-state index contributed by atoms with van der Waals surface area (Å²) in [4.78, 5) is 66.8. The minimum absolute atomic E-state index is 0. The predicted molar refractivity (Wildman–Crippen MR) is 452 cm³/mol. The first-order valence-corrected chi connectivity index (χ1v) is 36.9. The maximum atomic E-state index is 12.4. The number of imidazole rings is 3. The number of fused-ring (bicyclic) bond motifs is 3. The lowest BCUT2D eigenvalue weighted by Crippen LogP contribution is -2.41. The number of carbonyl (C=O) groups excluding carboxylic acids is 2. The number of halogens is 1. The predicted octanol–water partition coefficient (Wildman–Crippen LogP) is 21.6. The second-order valence-electron chi connectivity index (χ2n) is 29.4. The van der Waals surface area contributed by atoms with Gasteiger partial charge in [-0.3, -0.25) is 0 Å². The van der Waals surface area contributed by atoms with Gasteiger partial charge in [0.1, 0.15) is 65.7 Å². The summed E-state index contributed by atoms with van der Waals surface area (Å²) in [5.74, 6) is 5.93. The molecule has 0 bridgehead atoms. The van der Waals surface area contributed by atoms with E-state index in [1.54, 1.807) is 22.0 Å². The number of pyridine rings is 3. The number of aromatic amines is 3. The zero-order valence-electron chi connectivity index (χ0n) is 62.4.